The van der Waals surface area contributed by atoms with E-state index in [-0.39, 0.29) is 23.1 Å². The lowest BCUT2D eigenvalue weighted by Gasteiger charge is -2.37. The third-order valence-corrected chi connectivity index (χ3v) is 8.96. The second-order valence-corrected chi connectivity index (χ2v) is 11.8. The number of pyridine rings is 1. The Balaban J connectivity index is 1.10. The Morgan fingerprint density at radius 1 is 1.27 bits per heavy atom. The normalized spacial score (nSPS) is 25.3. The molecule has 3 fully saturated rings. The van der Waals surface area contributed by atoms with E-state index in [0.29, 0.717) is 50.0 Å². The molecule has 0 bridgehead atoms. The molecule has 1 N–H and O–H groups in total. The van der Waals surface area contributed by atoms with Gasteiger partial charge in [0, 0.05) is 44.3 Å². The molecule has 2 amide bonds. The Labute approximate surface area is 193 Å². The summed E-state index contributed by atoms with van der Waals surface area (Å²) in [6.07, 6.45) is 8.87. The number of amides is 2. The first kappa shape index (κ1) is 22.3. The number of hydrogen-bond donors (Lipinski definition) is 1. The van der Waals surface area contributed by atoms with E-state index in [1.54, 1.807) is 18.5 Å². The van der Waals surface area contributed by atoms with Gasteiger partial charge in [-0.1, -0.05) is 0 Å². The van der Waals surface area contributed by atoms with Gasteiger partial charge in [0.1, 0.15) is 0 Å². The monoisotopic (exact) mass is 474 g/mol. The van der Waals surface area contributed by atoms with Crippen molar-refractivity contribution < 1.29 is 22.4 Å². The van der Waals surface area contributed by atoms with Gasteiger partial charge in [0.05, 0.1) is 18.4 Å². The van der Waals surface area contributed by atoms with Crippen molar-refractivity contribution in [3.8, 4) is 0 Å². The average molecular weight is 475 g/mol. The number of rotatable bonds is 5. The number of likely N-dealkylation sites (tertiary alicyclic amines) is 1. The summed E-state index contributed by atoms with van der Waals surface area (Å²) in [7, 11) is -3.26. The van der Waals surface area contributed by atoms with E-state index in [0.717, 1.165) is 37.5 Å². The van der Waals surface area contributed by atoms with Gasteiger partial charge in [0.15, 0.2) is 11.3 Å². The van der Waals surface area contributed by atoms with Gasteiger partial charge < -0.3 is 14.6 Å². The van der Waals surface area contributed by atoms with E-state index in [1.807, 2.05) is 11.0 Å². The summed E-state index contributed by atoms with van der Waals surface area (Å²) >= 11 is 0. The Morgan fingerprint density at radius 3 is 2.79 bits per heavy atom. The second-order valence-electron chi connectivity index (χ2n) is 9.78. The number of hydrogen-bond acceptors (Lipinski definition) is 6. The molecule has 178 valence electrons. The van der Waals surface area contributed by atoms with Crippen molar-refractivity contribution in [3.05, 3.63) is 30.3 Å². The highest BCUT2D eigenvalue weighted by Gasteiger charge is 2.55. The summed E-state index contributed by atoms with van der Waals surface area (Å²) in [6.45, 7) is 2.81. The Morgan fingerprint density at radius 2 is 2.06 bits per heavy atom. The Kier molecular flexibility index (Phi) is 5.68. The van der Waals surface area contributed by atoms with Gasteiger partial charge in [-0.2, -0.15) is 0 Å². The van der Waals surface area contributed by atoms with Gasteiger partial charge in [-0.05, 0) is 55.6 Å². The lowest BCUT2D eigenvalue weighted by molar-refractivity contribution is -0.138. The number of furan rings is 1. The fourth-order valence-corrected chi connectivity index (χ4v) is 6.42. The maximum Gasteiger partial charge on any atom is 0.287 e. The smallest absolute Gasteiger partial charge is 0.287 e. The zero-order valence-electron chi connectivity index (χ0n) is 18.8. The highest BCUT2D eigenvalue weighted by molar-refractivity contribution is 7.88. The van der Waals surface area contributed by atoms with Crippen molar-refractivity contribution >= 4 is 32.8 Å². The number of carbonyl (C=O) groups excluding carboxylic acids is 2. The van der Waals surface area contributed by atoms with Gasteiger partial charge >= 0.3 is 0 Å². The lowest BCUT2D eigenvalue weighted by atomic mass is 9.89. The fourth-order valence-electron chi connectivity index (χ4n) is 5.51. The number of nitrogens with one attached hydrogen (secondary N) is 1. The standard InChI is InChI=1S/C23H30N4O5S/c1-33(30,31)27-8-2-3-17(15-27)22(29)26-9-5-23(6-10-26)12-18(23)13-25-21(28)19-11-16-4-7-24-14-20(16)32-19/h4,7,11,14,17-18H,2-3,5-6,8-10,12-13,15H2,1H3,(H,25,28). The van der Waals surface area contributed by atoms with E-state index in [1.165, 1.54) is 10.6 Å². The average Bonchev–Trinajstić information content (AvgIpc) is 3.28. The second kappa shape index (κ2) is 8.39. The number of fused-ring (bicyclic) bond motifs is 1. The topological polar surface area (TPSA) is 113 Å². The van der Waals surface area contributed by atoms with Crippen molar-refractivity contribution in [1.82, 2.24) is 19.5 Å². The molecule has 4 heterocycles. The molecule has 1 aliphatic carbocycles. The summed E-state index contributed by atoms with van der Waals surface area (Å²) in [4.78, 5) is 31.4. The number of carbonyl (C=O) groups is 2. The number of nitrogens with zero attached hydrogens (tertiary/aromatic N) is 3. The quantitative estimate of drug-likeness (QED) is 0.708. The minimum absolute atomic E-state index is 0.0862. The minimum Gasteiger partial charge on any atom is -0.449 e. The number of aromatic nitrogens is 1. The van der Waals surface area contributed by atoms with E-state index >= 15 is 0 Å². The van der Waals surface area contributed by atoms with E-state index in [9.17, 15) is 18.0 Å². The predicted octanol–water partition coefficient (Wildman–Crippen LogP) is 1.86. The van der Waals surface area contributed by atoms with Crippen molar-refractivity contribution in [2.24, 2.45) is 17.3 Å². The Bertz CT molecular complexity index is 1140. The maximum absolute atomic E-state index is 13.0. The van der Waals surface area contributed by atoms with Crippen LogP contribution in [0.2, 0.25) is 0 Å². The van der Waals surface area contributed by atoms with Crippen molar-refractivity contribution in [3.63, 3.8) is 0 Å². The van der Waals surface area contributed by atoms with Crippen LogP contribution in [0.4, 0.5) is 0 Å². The van der Waals surface area contributed by atoms with Crippen LogP contribution < -0.4 is 5.32 Å². The summed E-state index contributed by atoms with van der Waals surface area (Å²) < 4.78 is 30.8. The molecule has 2 atom stereocenters. The molecule has 2 aromatic rings. The van der Waals surface area contributed by atoms with Gasteiger partial charge in [-0.3, -0.25) is 14.6 Å². The molecule has 2 saturated heterocycles. The molecule has 3 aliphatic rings. The van der Waals surface area contributed by atoms with Crippen molar-refractivity contribution in [2.75, 3.05) is 39.0 Å². The third-order valence-electron chi connectivity index (χ3n) is 7.69. The molecule has 0 aromatic carbocycles. The van der Waals surface area contributed by atoms with Crippen molar-refractivity contribution in [1.29, 1.82) is 0 Å². The summed E-state index contributed by atoms with van der Waals surface area (Å²) in [5, 5.41) is 3.86. The molecular formula is C23H30N4O5S. The first-order chi connectivity index (χ1) is 15.7. The largest absolute Gasteiger partial charge is 0.449 e. The van der Waals surface area contributed by atoms with Crippen LogP contribution in [0.5, 0.6) is 0 Å². The van der Waals surface area contributed by atoms with Crippen LogP contribution in [0.3, 0.4) is 0 Å². The van der Waals surface area contributed by atoms with Crippen LogP contribution in [0.25, 0.3) is 11.0 Å². The van der Waals surface area contributed by atoms with E-state index in [4.69, 9.17) is 4.42 Å². The van der Waals surface area contributed by atoms with Crippen LogP contribution in [0.15, 0.2) is 28.9 Å². The number of piperidine rings is 2. The lowest BCUT2D eigenvalue weighted by Crippen LogP contribution is -2.48. The van der Waals surface area contributed by atoms with Crippen LogP contribution in [0, 0.1) is 17.3 Å². The first-order valence-corrected chi connectivity index (χ1v) is 13.5. The summed E-state index contributed by atoms with van der Waals surface area (Å²) in [5.74, 6) is 0.344. The molecule has 5 rings (SSSR count). The molecule has 9 nitrogen and oxygen atoms in total. The fraction of sp³-hybridized carbons (Fsp3) is 0.609. The summed E-state index contributed by atoms with van der Waals surface area (Å²) in [5.41, 5.74) is 0.799. The highest BCUT2D eigenvalue weighted by Crippen LogP contribution is 2.59. The van der Waals surface area contributed by atoms with E-state index < -0.39 is 10.0 Å². The molecule has 2 unspecified atom stereocenters. The Hall–Kier alpha value is -2.46. The third kappa shape index (κ3) is 4.50. The molecule has 2 aromatic heterocycles. The predicted molar refractivity (Wildman–Crippen MR) is 122 cm³/mol. The zero-order valence-corrected chi connectivity index (χ0v) is 19.6. The number of sulfonamides is 1. The van der Waals surface area contributed by atoms with Crippen LogP contribution in [0.1, 0.15) is 42.7 Å². The molecule has 2 aliphatic heterocycles. The van der Waals surface area contributed by atoms with Crippen molar-refractivity contribution in [2.45, 2.75) is 32.1 Å². The molecular weight excluding hydrogens is 444 g/mol. The molecule has 10 heteroatoms. The van der Waals surface area contributed by atoms with Gasteiger partial charge in [-0.15, -0.1) is 0 Å². The first-order valence-electron chi connectivity index (χ1n) is 11.6. The highest BCUT2D eigenvalue weighted by atomic mass is 32.2. The van der Waals surface area contributed by atoms with Gasteiger partial charge in [0.2, 0.25) is 15.9 Å². The molecule has 0 radical (unpaired) electrons. The molecule has 33 heavy (non-hydrogen) atoms. The maximum atomic E-state index is 13.0. The SMILES string of the molecule is CS(=O)(=O)N1CCCC(C(=O)N2CCC3(CC2)CC3CNC(=O)c2cc3ccncc3o2)C1. The molecule has 1 spiro atoms. The van der Waals surface area contributed by atoms with E-state index in [2.05, 4.69) is 10.3 Å². The van der Waals surface area contributed by atoms with Crippen LogP contribution in [-0.4, -0.2) is 73.4 Å². The van der Waals surface area contributed by atoms with Crippen LogP contribution in [-0.2, 0) is 14.8 Å². The van der Waals surface area contributed by atoms with Gasteiger partial charge in [0.25, 0.3) is 5.91 Å². The van der Waals surface area contributed by atoms with Gasteiger partial charge in [-0.25, -0.2) is 12.7 Å². The zero-order chi connectivity index (χ0) is 23.2. The minimum atomic E-state index is -3.26. The molecule has 1 saturated carbocycles. The summed E-state index contributed by atoms with van der Waals surface area (Å²) in [6, 6.07) is 3.54. The van der Waals surface area contributed by atoms with Crippen LogP contribution >= 0.6 is 0 Å².